The van der Waals surface area contributed by atoms with Crippen molar-refractivity contribution >= 4 is 17.5 Å². The molecule has 1 saturated carbocycles. The van der Waals surface area contributed by atoms with Gasteiger partial charge < -0.3 is 9.26 Å². The third-order valence-electron chi connectivity index (χ3n) is 3.88. The van der Waals surface area contributed by atoms with Crippen LogP contribution >= 0.6 is 11.8 Å². The number of hydrogen-bond donors (Lipinski definition) is 0. The maximum Gasteiger partial charge on any atom is 0.199 e. The number of carbonyl (C=O) groups is 1. The molecule has 0 saturated heterocycles. The highest BCUT2D eigenvalue weighted by molar-refractivity contribution is 7.99. The lowest BCUT2D eigenvalue weighted by Gasteiger charge is -2.11. The van der Waals surface area contributed by atoms with E-state index in [2.05, 4.69) is 5.16 Å². The normalized spacial score (nSPS) is 17.5. The molecule has 2 aliphatic rings. The Morgan fingerprint density at radius 1 is 1.32 bits per heavy atom. The Morgan fingerprint density at radius 2 is 2.18 bits per heavy atom. The second-order valence-corrected chi connectivity index (χ2v) is 6.62. The minimum absolute atomic E-state index is 0.169. The van der Waals surface area contributed by atoms with Crippen LogP contribution in [0.1, 0.15) is 46.9 Å². The first kappa shape index (κ1) is 13.8. The maximum absolute atomic E-state index is 14.0. The molecule has 1 aromatic heterocycles. The van der Waals surface area contributed by atoms with E-state index in [1.807, 2.05) is 0 Å². The number of ether oxygens (including phenoxy) is 1. The Kier molecular flexibility index (Phi) is 3.41. The first-order valence-electron chi connectivity index (χ1n) is 7.33. The summed E-state index contributed by atoms with van der Waals surface area (Å²) in [5, 5.41) is 3.77. The van der Waals surface area contributed by atoms with Crippen molar-refractivity contribution in [1.29, 1.82) is 0 Å². The fraction of sp³-hybridized carbons (Fsp3) is 0.375. The third kappa shape index (κ3) is 2.31. The van der Waals surface area contributed by atoms with Gasteiger partial charge >= 0.3 is 0 Å². The van der Waals surface area contributed by atoms with Crippen LogP contribution in [-0.2, 0) is 0 Å². The van der Waals surface area contributed by atoms with Crippen LogP contribution in [-0.4, -0.2) is 23.3 Å². The molecule has 0 spiro atoms. The van der Waals surface area contributed by atoms with Crippen LogP contribution in [0.25, 0.3) is 0 Å². The van der Waals surface area contributed by atoms with E-state index in [-0.39, 0.29) is 11.5 Å². The average Bonchev–Trinajstić information content (AvgIpc) is 3.30. The Hall–Kier alpha value is -1.82. The first-order valence-corrected chi connectivity index (χ1v) is 8.31. The Morgan fingerprint density at radius 3 is 3.00 bits per heavy atom. The zero-order chi connectivity index (χ0) is 15.1. The van der Waals surface area contributed by atoms with Crippen molar-refractivity contribution < 1.29 is 18.4 Å². The first-order chi connectivity index (χ1) is 10.8. The molecule has 22 heavy (non-hydrogen) atoms. The smallest absolute Gasteiger partial charge is 0.199 e. The van der Waals surface area contributed by atoms with E-state index in [1.165, 1.54) is 30.1 Å². The van der Waals surface area contributed by atoms with Crippen LogP contribution in [0.5, 0.6) is 5.75 Å². The summed E-state index contributed by atoms with van der Waals surface area (Å²) in [5.41, 5.74) is 0.953. The molecular formula is C16H14FNO3S. The highest BCUT2D eigenvalue weighted by Gasteiger charge is 2.34. The van der Waals surface area contributed by atoms with Gasteiger partial charge in [0, 0.05) is 17.2 Å². The number of nitrogens with zero attached hydrogens (tertiary/aromatic N) is 1. The van der Waals surface area contributed by atoms with Crippen molar-refractivity contribution in [3.63, 3.8) is 0 Å². The number of rotatable bonds is 3. The van der Waals surface area contributed by atoms with Crippen LogP contribution in [0, 0.1) is 5.82 Å². The summed E-state index contributed by atoms with van der Waals surface area (Å²) < 4.78 is 24.7. The summed E-state index contributed by atoms with van der Waals surface area (Å²) in [6, 6.07) is 2.82. The fourth-order valence-electron chi connectivity index (χ4n) is 2.61. The van der Waals surface area contributed by atoms with Gasteiger partial charge in [-0.25, -0.2) is 4.39 Å². The van der Waals surface area contributed by atoms with Crippen molar-refractivity contribution in [3.8, 4) is 5.75 Å². The maximum atomic E-state index is 14.0. The summed E-state index contributed by atoms with van der Waals surface area (Å²) in [5.74, 6) is 1.35. The van der Waals surface area contributed by atoms with Crippen molar-refractivity contribution in [2.45, 2.75) is 30.1 Å². The minimum Gasteiger partial charge on any atom is -0.489 e. The van der Waals surface area contributed by atoms with Crippen LogP contribution in [0.4, 0.5) is 4.39 Å². The van der Waals surface area contributed by atoms with Crippen molar-refractivity contribution in [2.24, 2.45) is 0 Å². The second-order valence-electron chi connectivity index (χ2n) is 5.51. The van der Waals surface area contributed by atoms with Gasteiger partial charge in [0.1, 0.15) is 0 Å². The largest absolute Gasteiger partial charge is 0.489 e. The van der Waals surface area contributed by atoms with Crippen molar-refractivity contribution in [1.82, 2.24) is 5.16 Å². The van der Waals surface area contributed by atoms with E-state index in [0.29, 0.717) is 34.3 Å². The molecule has 0 bridgehead atoms. The summed E-state index contributed by atoms with van der Waals surface area (Å²) in [4.78, 5) is 13.5. The van der Waals surface area contributed by atoms with Crippen LogP contribution in [0.3, 0.4) is 0 Å². The molecule has 0 unspecified atom stereocenters. The minimum atomic E-state index is -0.423. The molecule has 114 valence electrons. The molecule has 2 heterocycles. The van der Waals surface area contributed by atoms with E-state index >= 15 is 0 Å². The molecule has 1 aliphatic carbocycles. The molecule has 4 nitrogen and oxygen atoms in total. The lowest BCUT2D eigenvalue weighted by molar-refractivity contribution is 0.103. The van der Waals surface area contributed by atoms with Crippen LogP contribution in [0.15, 0.2) is 27.7 Å². The van der Waals surface area contributed by atoms with E-state index in [9.17, 15) is 9.18 Å². The monoisotopic (exact) mass is 319 g/mol. The van der Waals surface area contributed by atoms with E-state index in [0.717, 1.165) is 25.0 Å². The molecule has 0 atom stereocenters. The number of halogens is 1. The molecule has 1 aromatic carbocycles. The molecule has 6 heteroatoms. The highest BCUT2D eigenvalue weighted by Crippen LogP contribution is 2.43. The Bertz CT molecular complexity index is 739. The summed E-state index contributed by atoms with van der Waals surface area (Å²) >= 11 is 1.47. The van der Waals surface area contributed by atoms with Gasteiger partial charge in [-0.3, -0.25) is 4.79 Å². The third-order valence-corrected chi connectivity index (χ3v) is 5.07. The summed E-state index contributed by atoms with van der Waals surface area (Å²) in [7, 11) is 0. The van der Waals surface area contributed by atoms with E-state index < -0.39 is 5.82 Å². The number of aromatic nitrogens is 1. The number of thioether (sulfide) groups is 1. The second kappa shape index (κ2) is 5.43. The number of ketones is 1. The number of hydrogen-bond acceptors (Lipinski definition) is 5. The Labute approximate surface area is 131 Å². The quantitative estimate of drug-likeness (QED) is 0.806. The zero-order valence-corrected chi connectivity index (χ0v) is 12.6. The number of benzene rings is 1. The highest BCUT2D eigenvalue weighted by atomic mass is 32.2. The van der Waals surface area contributed by atoms with Crippen LogP contribution in [0.2, 0.25) is 0 Å². The van der Waals surface area contributed by atoms with Gasteiger partial charge in [-0.2, -0.15) is 0 Å². The molecule has 1 aliphatic heterocycles. The van der Waals surface area contributed by atoms with Gasteiger partial charge in [0.2, 0.25) is 0 Å². The predicted octanol–water partition coefficient (Wildman–Crippen LogP) is 3.80. The zero-order valence-electron chi connectivity index (χ0n) is 11.8. The van der Waals surface area contributed by atoms with Gasteiger partial charge in [0.05, 0.1) is 23.3 Å². The van der Waals surface area contributed by atoms with Gasteiger partial charge in [-0.1, -0.05) is 5.16 Å². The lowest BCUT2D eigenvalue weighted by atomic mass is 10.0. The fourth-order valence-corrected chi connectivity index (χ4v) is 3.68. The Balaban J connectivity index is 1.79. The van der Waals surface area contributed by atoms with Crippen molar-refractivity contribution in [2.75, 3.05) is 12.4 Å². The SMILES string of the molecule is O=C(c1cnoc1C1CC1)c1ccc(F)c2c1SCCCO2. The predicted molar refractivity (Wildman–Crippen MR) is 79.1 cm³/mol. The standard InChI is InChI=1S/C16H14FNO3S/c17-12-5-4-10(16-15(12)20-6-1-7-22-16)13(19)11-8-18-21-14(11)9-2-3-9/h4-5,8-9H,1-3,6-7H2. The molecule has 1 fully saturated rings. The average molecular weight is 319 g/mol. The molecule has 0 amide bonds. The van der Waals surface area contributed by atoms with Gasteiger partial charge in [0.25, 0.3) is 0 Å². The van der Waals surface area contributed by atoms with Crippen molar-refractivity contribution in [3.05, 3.63) is 41.0 Å². The molecule has 0 radical (unpaired) electrons. The van der Waals surface area contributed by atoms with Gasteiger partial charge in [-0.15, -0.1) is 11.8 Å². The van der Waals surface area contributed by atoms with Gasteiger partial charge in [-0.05, 0) is 31.4 Å². The van der Waals surface area contributed by atoms with Crippen LogP contribution < -0.4 is 4.74 Å². The molecule has 2 aromatic rings. The molecular weight excluding hydrogens is 305 g/mol. The van der Waals surface area contributed by atoms with Gasteiger partial charge in [0.15, 0.2) is 23.1 Å². The summed E-state index contributed by atoms with van der Waals surface area (Å²) in [6.45, 7) is 0.467. The van der Waals surface area contributed by atoms with E-state index in [1.54, 1.807) is 0 Å². The lowest BCUT2D eigenvalue weighted by Crippen LogP contribution is -2.06. The van der Waals surface area contributed by atoms with E-state index in [4.69, 9.17) is 9.26 Å². The topological polar surface area (TPSA) is 52.3 Å². The molecule has 4 rings (SSSR count). The number of fused-ring (bicyclic) bond motifs is 1. The molecule has 0 N–H and O–H groups in total. The summed E-state index contributed by atoms with van der Waals surface area (Å²) in [6.07, 6.45) is 4.34. The number of carbonyl (C=O) groups excluding carboxylic acids is 1.